The molecule has 138 valence electrons. The Kier molecular flexibility index (Phi) is 5.43. The molecule has 0 amide bonds. The van der Waals surface area contributed by atoms with Gasteiger partial charge in [0.2, 0.25) is 11.6 Å². The van der Waals surface area contributed by atoms with Crippen LogP contribution in [-0.2, 0) is 0 Å². The summed E-state index contributed by atoms with van der Waals surface area (Å²) in [7, 11) is 0. The molecule has 0 radical (unpaired) electrons. The maximum absolute atomic E-state index is 11.7. The second-order valence-corrected chi connectivity index (χ2v) is 6.76. The van der Waals surface area contributed by atoms with E-state index in [0.29, 0.717) is 21.4 Å². The van der Waals surface area contributed by atoms with Crippen molar-refractivity contribution in [2.75, 3.05) is 10.6 Å². The molecule has 0 unspecified atom stereocenters. The highest BCUT2D eigenvalue weighted by molar-refractivity contribution is 6.35. The maximum atomic E-state index is 11.7. The molecule has 0 saturated heterocycles. The third kappa shape index (κ3) is 4.45. The van der Waals surface area contributed by atoms with Gasteiger partial charge in [-0.2, -0.15) is 0 Å². The summed E-state index contributed by atoms with van der Waals surface area (Å²) in [4.78, 5) is 19.2. The molecule has 0 fully saturated rings. The zero-order chi connectivity index (χ0) is 19.6. The van der Waals surface area contributed by atoms with Gasteiger partial charge in [0.05, 0.1) is 4.92 Å². The van der Waals surface area contributed by atoms with Crippen LogP contribution < -0.4 is 10.6 Å². The Morgan fingerprint density at radius 1 is 0.889 bits per heavy atom. The van der Waals surface area contributed by atoms with Gasteiger partial charge in [0.1, 0.15) is 6.33 Å². The number of hydrogen-bond acceptors (Lipinski definition) is 6. The molecule has 1 heterocycles. The number of hydrogen-bond donors (Lipinski definition) is 2. The summed E-state index contributed by atoms with van der Waals surface area (Å²) >= 11 is 12.0. The summed E-state index contributed by atoms with van der Waals surface area (Å²) in [5.74, 6) is 0.105. The average molecular weight is 404 g/mol. The van der Waals surface area contributed by atoms with Crippen LogP contribution in [0.4, 0.5) is 28.7 Å². The van der Waals surface area contributed by atoms with Gasteiger partial charge in [-0.3, -0.25) is 10.1 Å². The topological polar surface area (TPSA) is 93.0 Å². The van der Waals surface area contributed by atoms with Crippen molar-refractivity contribution in [3.63, 3.8) is 0 Å². The molecule has 3 rings (SSSR count). The van der Waals surface area contributed by atoms with E-state index >= 15 is 0 Å². The van der Waals surface area contributed by atoms with Crippen LogP contribution in [0.3, 0.4) is 0 Å². The van der Waals surface area contributed by atoms with E-state index in [1.54, 1.807) is 18.2 Å². The number of benzene rings is 2. The molecular formula is C18H15Cl2N5O2. The molecule has 0 aliphatic rings. The van der Waals surface area contributed by atoms with Gasteiger partial charge in [-0.05, 0) is 55.3 Å². The van der Waals surface area contributed by atoms with Crippen molar-refractivity contribution in [1.82, 2.24) is 9.97 Å². The van der Waals surface area contributed by atoms with E-state index in [0.717, 1.165) is 11.1 Å². The lowest BCUT2D eigenvalue weighted by molar-refractivity contribution is -0.383. The van der Waals surface area contributed by atoms with Gasteiger partial charge in [-0.1, -0.05) is 29.3 Å². The Balaban J connectivity index is 1.99. The van der Waals surface area contributed by atoms with Gasteiger partial charge in [0.15, 0.2) is 0 Å². The zero-order valence-electron chi connectivity index (χ0n) is 14.5. The van der Waals surface area contributed by atoms with Crippen molar-refractivity contribution in [3.05, 3.63) is 74.0 Å². The summed E-state index contributed by atoms with van der Waals surface area (Å²) in [6.45, 7) is 3.95. The molecule has 0 saturated carbocycles. The molecule has 2 aromatic carbocycles. The van der Waals surface area contributed by atoms with E-state index in [1.807, 2.05) is 32.0 Å². The van der Waals surface area contributed by atoms with Gasteiger partial charge in [-0.25, -0.2) is 9.97 Å². The molecule has 0 spiro atoms. The van der Waals surface area contributed by atoms with Crippen molar-refractivity contribution in [1.29, 1.82) is 0 Å². The summed E-state index contributed by atoms with van der Waals surface area (Å²) in [5, 5.41) is 18.3. The van der Waals surface area contributed by atoms with Crippen LogP contribution in [0, 0.1) is 24.0 Å². The van der Waals surface area contributed by atoms with E-state index in [2.05, 4.69) is 20.6 Å². The number of aromatic nitrogens is 2. The normalized spacial score (nSPS) is 10.5. The predicted octanol–water partition coefficient (Wildman–Crippen LogP) is 5.80. The summed E-state index contributed by atoms with van der Waals surface area (Å²) in [6, 6.07) is 10.4. The minimum absolute atomic E-state index is 0.0275. The van der Waals surface area contributed by atoms with Gasteiger partial charge in [0, 0.05) is 21.4 Å². The summed E-state index contributed by atoms with van der Waals surface area (Å²) < 4.78 is 0. The fourth-order valence-corrected chi connectivity index (χ4v) is 2.98. The third-order valence-electron chi connectivity index (χ3n) is 3.90. The highest BCUT2D eigenvalue weighted by Crippen LogP contribution is 2.34. The minimum Gasteiger partial charge on any atom is -0.334 e. The Hall–Kier alpha value is -2.90. The number of halogens is 2. The molecule has 1 aromatic heterocycles. The van der Waals surface area contributed by atoms with Gasteiger partial charge >= 0.3 is 5.69 Å². The van der Waals surface area contributed by atoms with Crippen molar-refractivity contribution in [2.45, 2.75) is 13.8 Å². The first kappa shape index (κ1) is 18.9. The van der Waals surface area contributed by atoms with Crippen molar-refractivity contribution < 1.29 is 4.92 Å². The number of nitro groups is 1. The number of nitrogens with one attached hydrogen (secondary N) is 2. The predicted molar refractivity (Wildman–Crippen MR) is 108 cm³/mol. The van der Waals surface area contributed by atoms with Crippen molar-refractivity contribution in [3.8, 4) is 0 Å². The maximum Gasteiger partial charge on any atom is 0.353 e. The zero-order valence-corrected chi connectivity index (χ0v) is 16.0. The monoisotopic (exact) mass is 403 g/mol. The van der Waals surface area contributed by atoms with E-state index in [1.165, 1.54) is 6.33 Å². The van der Waals surface area contributed by atoms with Crippen LogP contribution in [0.15, 0.2) is 42.7 Å². The lowest BCUT2D eigenvalue weighted by Crippen LogP contribution is -2.05. The first-order valence-electron chi connectivity index (χ1n) is 7.90. The molecule has 27 heavy (non-hydrogen) atoms. The first-order valence-corrected chi connectivity index (χ1v) is 8.66. The largest absolute Gasteiger partial charge is 0.353 e. The number of rotatable bonds is 5. The second kappa shape index (κ2) is 7.77. The quantitative estimate of drug-likeness (QED) is 0.413. The Morgan fingerprint density at radius 3 is 2.04 bits per heavy atom. The second-order valence-electron chi connectivity index (χ2n) is 5.88. The molecule has 0 aliphatic heterocycles. The molecule has 3 aromatic rings. The summed E-state index contributed by atoms with van der Waals surface area (Å²) in [5.41, 5.74) is 3.07. The van der Waals surface area contributed by atoms with E-state index < -0.39 is 4.92 Å². The Labute approximate surface area is 165 Å². The molecule has 2 N–H and O–H groups in total. The van der Waals surface area contributed by atoms with Crippen molar-refractivity contribution >= 4 is 51.9 Å². The molecule has 7 nitrogen and oxygen atoms in total. The van der Waals surface area contributed by atoms with Gasteiger partial charge in [0.25, 0.3) is 0 Å². The van der Waals surface area contributed by atoms with E-state index in [-0.39, 0.29) is 17.3 Å². The highest BCUT2D eigenvalue weighted by Gasteiger charge is 2.23. The first-order chi connectivity index (χ1) is 12.8. The van der Waals surface area contributed by atoms with Crippen LogP contribution in [-0.4, -0.2) is 14.9 Å². The van der Waals surface area contributed by atoms with Crippen molar-refractivity contribution in [2.24, 2.45) is 0 Å². The molecule has 0 aliphatic carbocycles. The van der Waals surface area contributed by atoms with Gasteiger partial charge < -0.3 is 10.6 Å². The van der Waals surface area contributed by atoms with Gasteiger partial charge in [-0.15, -0.1) is 0 Å². The number of anilines is 4. The fraction of sp³-hybridized carbons (Fsp3) is 0.111. The van der Waals surface area contributed by atoms with Crippen LogP contribution in [0.2, 0.25) is 10.0 Å². The van der Waals surface area contributed by atoms with E-state index in [9.17, 15) is 10.1 Å². The number of nitrogens with zero attached hydrogens (tertiary/aromatic N) is 3. The standard InChI is InChI=1S/C18H15Cl2N5O2/c1-10-3-4-14(5-11(10)2)23-17-16(25(26)27)18(22-9-21-17)24-15-7-12(19)6-13(20)8-15/h3-9H,1-2H3,(H2,21,22,23,24). The summed E-state index contributed by atoms with van der Waals surface area (Å²) in [6.07, 6.45) is 1.24. The third-order valence-corrected chi connectivity index (χ3v) is 4.34. The average Bonchev–Trinajstić information content (AvgIpc) is 2.57. The lowest BCUT2D eigenvalue weighted by atomic mass is 10.1. The molecule has 0 bridgehead atoms. The SMILES string of the molecule is Cc1ccc(Nc2ncnc(Nc3cc(Cl)cc(Cl)c3)c2[N+](=O)[O-])cc1C. The smallest absolute Gasteiger partial charge is 0.334 e. The molecule has 9 heteroatoms. The van der Waals surface area contributed by atoms with Crippen LogP contribution in [0.5, 0.6) is 0 Å². The van der Waals surface area contributed by atoms with Crippen LogP contribution >= 0.6 is 23.2 Å². The van der Waals surface area contributed by atoms with Crippen LogP contribution in [0.1, 0.15) is 11.1 Å². The molecular weight excluding hydrogens is 389 g/mol. The Morgan fingerprint density at radius 2 is 1.48 bits per heavy atom. The Bertz CT molecular complexity index is 1010. The minimum atomic E-state index is -0.544. The lowest BCUT2D eigenvalue weighted by Gasteiger charge is -2.11. The number of aryl methyl sites for hydroxylation is 2. The molecule has 0 atom stereocenters. The van der Waals surface area contributed by atoms with E-state index in [4.69, 9.17) is 23.2 Å². The fourth-order valence-electron chi connectivity index (χ4n) is 2.45. The highest BCUT2D eigenvalue weighted by atomic mass is 35.5. The van der Waals surface area contributed by atoms with Crippen LogP contribution in [0.25, 0.3) is 0 Å².